The molecule has 33 heavy (non-hydrogen) atoms. The topological polar surface area (TPSA) is 107 Å². The molecule has 0 bridgehead atoms. The first-order valence-corrected chi connectivity index (χ1v) is 11.6. The Morgan fingerprint density at radius 2 is 1.91 bits per heavy atom. The van der Waals surface area contributed by atoms with Crippen LogP contribution >= 0.6 is 0 Å². The third kappa shape index (κ3) is 3.86. The number of carbonyl (C=O) groups is 2. The summed E-state index contributed by atoms with van der Waals surface area (Å²) in [5, 5.41) is 14.3. The molecule has 2 aliphatic rings. The molecule has 4 N–H and O–H groups in total. The number of nitrogens with two attached hydrogens (primary N) is 1. The Morgan fingerprint density at radius 3 is 2.64 bits per heavy atom. The van der Waals surface area contributed by atoms with E-state index in [-0.39, 0.29) is 18.1 Å². The smallest absolute Gasteiger partial charge is 0.250 e. The number of aliphatic hydroxyl groups excluding tert-OH is 1. The first kappa shape index (κ1) is 21.5. The maximum absolute atomic E-state index is 12.8. The van der Waals surface area contributed by atoms with Crippen molar-refractivity contribution in [2.75, 3.05) is 12.4 Å². The summed E-state index contributed by atoms with van der Waals surface area (Å²) in [6.45, 7) is 0. The molecule has 0 spiro atoms. The molecule has 172 valence electrons. The standard InChI is InChI=1S/C26H29N3O4/c1-33-18-10-12-22-20(14-18)25(23-3-2-4-24(31)29(22)23)15-5-11-19(26(27)32)21(13-15)28-16-6-8-17(30)9-7-16/h5,10-14,16-17,28,30H,2-4,6-9H2,1H3,(H2,27,32). The van der Waals surface area contributed by atoms with Gasteiger partial charge in [0.15, 0.2) is 0 Å². The van der Waals surface area contributed by atoms with E-state index in [9.17, 15) is 14.7 Å². The minimum atomic E-state index is -0.486. The Bertz CT molecular complexity index is 1240. The van der Waals surface area contributed by atoms with Crippen molar-refractivity contribution >= 4 is 28.4 Å². The molecule has 2 aromatic carbocycles. The highest BCUT2D eigenvalue weighted by Gasteiger charge is 2.27. The average molecular weight is 448 g/mol. The van der Waals surface area contributed by atoms with Crippen molar-refractivity contribution in [1.29, 1.82) is 0 Å². The van der Waals surface area contributed by atoms with E-state index in [4.69, 9.17) is 10.5 Å². The lowest BCUT2D eigenvalue weighted by atomic mass is 9.92. The van der Waals surface area contributed by atoms with Gasteiger partial charge in [0.2, 0.25) is 5.91 Å². The van der Waals surface area contributed by atoms with E-state index in [1.165, 1.54) is 0 Å². The molecule has 1 saturated carbocycles. The molecule has 0 radical (unpaired) electrons. The molecule has 1 aliphatic heterocycles. The number of hydrogen-bond acceptors (Lipinski definition) is 5. The number of nitrogens with zero attached hydrogens (tertiary/aromatic N) is 1. The second-order valence-corrected chi connectivity index (χ2v) is 9.06. The summed E-state index contributed by atoms with van der Waals surface area (Å²) in [7, 11) is 1.63. The van der Waals surface area contributed by atoms with Crippen LogP contribution in [0.25, 0.3) is 22.0 Å². The second kappa shape index (κ2) is 8.56. The summed E-state index contributed by atoms with van der Waals surface area (Å²) >= 11 is 0. The quantitative estimate of drug-likeness (QED) is 0.546. The monoisotopic (exact) mass is 447 g/mol. The molecule has 0 saturated heterocycles. The van der Waals surface area contributed by atoms with Crippen LogP contribution in [0.15, 0.2) is 36.4 Å². The summed E-state index contributed by atoms with van der Waals surface area (Å²) < 4.78 is 7.31. The zero-order chi connectivity index (χ0) is 23.1. The van der Waals surface area contributed by atoms with Crippen LogP contribution in [0.1, 0.15) is 59.4 Å². The van der Waals surface area contributed by atoms with Crippen molar-refractivity contribution in [3.63, 3.8) is 0 Å². The Hall–Kier alpha value is -3.32. The zero-order valence-corrected chi connectivity index (χ0v) is 18.8. The van der Waals surface area contributed by atoms with Crippen molar-refractivity contribution in [3.05, 3.63) is 47.7 Å². The highest BCUT2D eigenvalue weighted by atomic mass is 16.5. The van der Waals surface area contributed by atoms with Crippen LogP contribution in [0.3, 0.4) is 0 Å². The molecule has 1 aliphatic carbocycles. The Kier molecular flexibility index (Phi) is 5.58. The van der Waals surface area contributed by atoms with Gasteiger partial charge in [-0.25, -0.2) is 0 Å². The molecule has 7 heteroatoms. The number of amides is 1. The van der Waals surface area contributed by atoms with Crippen molar-refractivity contribution in [1.82, 2.24) is 4.57 Å². The van der Waals surface area contributed by atoms with E-state index in [0.717, 1.165) is 72.0 Å². The van der Waals surface area contributed by atoms with Gasteiger partial charge in [-0.3, -0.25) is 14.2 Å². The van der Waals surface area contributed by atoms with Crippen LogP contribution in [0.4, 0.5) is 5.69 Å². The number of primary amides is 1. The van der Waals surface area contributed by atoms with Crippen molar-refractivity contribution in [2.45, 2.75) is 57.1 Å². The number of hydrogen-bond donors (Lipinski definition) is 3. The summed E-state index contributed by atoms with van der Waals surface area (Å²) in [6, 6.07) is 11.6. The lowest BCUT2D eigenvalue weighted by molar-refractivity contribution is 0.0889. The predicted octanol–water partition coefficient (Wildman–Crippen LogP) is 4.11. The number of ether oxygens (including phenoxy) is 1. The van der Waals surface area contributed by atoms with Gasteiger partial charge in [0, 0.05) is 34.8 Å². The van der Waals surface area contributed by atoms with Gasteiger partial charge in [0.1, 0.15) is 5.75 Å². The Balaban J connectivity index is 1.65. The van der Waals surface area contributed by atoms with E-state index in [0.29, 0.717) is 17.7 Å². The zero-order valence-electron chi connectivity index (χ0n) is 18.8. The maximum Gasteiger partial charge on any atom is 0.250 e. The van der Waals surface area contributed by atoms with Crippen molar-refractivity contribution in [3.8, 4) is 16.9 Å². The molecular formula is C26H29N3O4. The van der Waals surface area contributed by atoms with Crippen LogP contribution in [-0.2, 0) is 6.42 Å². The molecule has 1 aromatic heterocycles. The van der Waals surface area contributed by atoms with Crippen LogP contribution in [0.5, 0.6) is 5.75 Å². The number of benzene rings is 2. The summed E-state index contributed by atoms with van der Waals surface area (Å²) in [6.07, 6.45) is 5.04. The third-order valence-electron chi connectivity index (χ3n) is 6.96. The van der Waals surface area contributed by atoms with Gasteiger partial charge < -0.3 is 20.9 Å². The van der Waals surface area contributed by atoms with E-state index in [1.54, 1.807) is 13.2 Å². The van der Waals surface area contributed by atoms with Crippen LogP contribution in [0.2, 0.25) is 0 Å². The number of rotatable bonds is 5. The number of nitrogens with one attached hydrogen (secondary N) is 1. The molecule has 7 nitrogen and oxygen atoms in total. The van der Waals surface area contributed by atoms with Gasteiger partial charge in [-0.05, 0) is 74.4 Å². The highest BCUT2D eigenvalue weighted by molar-refractivity contribution is 6.06. The summed E-state index contributed by atoms with van der Waals surface area (Å²) in [5.74, 6) is 0.345. The third-order valence-corrected chi connectivity index (χ3v) is 6.96. The molecule has 5 rings (SSSR count). The van der Waals surface area contributed by atoms with Crippen LogP contribution in [-0.4, -0.2) is 40.7 Å². The number of fused-ring (bicyclic) bond motifs is 3. The van der Waals surface area contributed by atoms with Crippen molar-refractivity contribution in [2.24, 2.45) is 5.73 Å². The Labute approximate surface area is 192 Å². The molecule has 3 aromatic rings. The van der Waals surface area contributed by atoms with Gasteiger partial charge in [0.25, 0.3) is 5.91 Å². The number of aromatic nitrogens is 1. The normalized spacial score (nSPS) is 20.5. The van der Waals surface area contributed by atoms with Gasteiger partial charge in [-0.2, -0.15) is 0 Å². The Morgan fingerprint density at radius 1 is 1.12 bits per heavy atom. The SMILES string of the molecule is COc1ccc2c(c1)c(-c1ccc(C(N)=O)c(NC3CCC(O)CC3)c1)c1n2C(=O)CCC1. The predicted molar refractivity (Wildman–Crippen MR) is 128 cm³/mol. The molecule has 2 heterocycles. The number of aliphatic hydroxyl groups is 1. The number of carbonyl (C=O) groups excluding carboxylic acids is 2. The molecule has 1 amide bonds. The number of methoxy groups -OCH3 is 1. The van der Waals surface area contributed by atoms with Crippen molar-refractivity contribution < 1.29 is 19.4 Å². The van der Waals surface area contributed by atoms with Crippen LogP contribution in [0, 0.1) is 0 Å². The number of anilines is 1. The van der Waals surface area contributed by atoms with E-state index in [1.807, 2.05) is 34.9 Å². The van der Waals surface area contributed by atoms with Gasteiger partial charge >= 0.3 is 0 Å². The fraction of sp³-hybridized carbons (Fsp3) is 0.385. The minimum absolute atomic E-state index is 0.102. The molecule has 0 unspecified atom stereocenters. The fourth-order valence-electron chi connectivity index (χ4n) is 5.29. The van der Waals surface area contributed by atoms with Gasteiger partial charge in [0.05, 0.1) is 24.3 Å². The average Bonchev–Trinajstić information content (AvgIpc) is 3.15. The minimum Gasteiger partial charge on any atom is -0.497 e. The highest BCUT2D eigenvalue weighted by Crippen LogP contribution is 2.41. The molecule has 1 fully saturated rings. The first-order valence-electron chi connectivity index (χ1n) is 11.6. The van der Waals surface area contributed by atoms with E-state index in [2.05, 4.69) is 5.32 Å². The first-order chi connectivity index (χ1) is 16.0. The molecular weight excluding hydrogens is 418 g/mol. The second-order valence-electron chi connectivity index (χ2n) is 9.06. The van der Waals surface area contributed by atoms with Crippen LogP contribution < -0.4 is 15.8 Å². The summed E-state index contributed by atoms with van der Waals surface area (Å²) in [4.78, 5) is 25.0. The summed E-state index contributed by atoms with van der Waals surface area (Å²) in [5.41, 5.74) is 10.6. The maximum atomic E-state index is 12.8. The fourth-order valence-corrected chi connectivity index (χ4v) is 5.29. The lowest BCUT2D eigenvalue weighted by Crippen LogP contribution is -2.29. The largest absolute Gasteiger partial charge is 0.497 e. The van der Waals surface area contributed by atoms with E-state index < -0.39 is 5.91 Å². The van der Waals surface area contributed by atoms with E-state index >= 15 is 0 Å². The van der Waals surface area contributed by atoms with Gasteiger partial charge in [-0.1, -0.05) is 6.07 Å². The van der Waals surface area contributed by atoms with Gasteiger partial charge in [-0.15, -0.1) is 0 Å². The lowest BCUT2D eigenvalue weighted by Gasteiger charge is -2.28. The molecule has 0 atom stereocenters.